The van der Waals surface area contributed by atoms with Gasteiger partial charge >= 0.3 is 0 Å². The molecule has 0 radical (unpaired) electrons. The van der Waals surface area contributed by atoms with Crippen molar-refractivity contribution in [3.63, 3.8) is 0 Å². The summed E-state index contributed by atoms with van der Waals surface area (Å²) in [6.07, 6.45) is 10.7. The molecule has 0 saturated carbocycles. The quantitative estimate of drug-likeness (QED) is 0.798. The monoisotopic (exact) mass is 274 g/mol. The Morgan fingerprint density at radius 2 is 2.47 bits per heavy atom. The van der Waals surface area contributed by atoms with Gasteiger partial charge in [0.15, 0.2) is 5.17 Å². The van der Waals surface area contributed by atoms with Gasteiger partial charge in [0.2, 0.25) is 0 Å². The molecule has 19 heavy (non-hydrogen) atoms. The Hall–Kier alpha value is -1.00. The van der Waals surface area contributed by atoms with Crippen LogP contribution in [-0.2, 0) is 0 Å². The summed E-state index contributed by atoms with van der Waals surface area (Å²) in [6.45, 7) is 2.06. The molecule has 2 unspecified atom stereocenters. The van der Waals surface area contributed by atoms with Crippen molar-refractivity contribution in [2.75, 3.05) is 5.75 Å². The topological polar surface area (TPSA) is 35.8 Å². The van der Waals surface area contributed by atoms with Crippen LogP contribution in [0.5, 0.6) is 0 Å². The van der Waals surface area contributed by atoms with Gasteiger partial charge in [0.1, 0.15) is 5.72 Å². The summed E-state index contributed by atoms with van der Waals surface area (Å²) < 4.78 is 0. The van der Waals surface area contributed by atoms with Crippen LogP contribution in [0.25, 0.3) is 0 Å². The van der Waals surface area contributed by atoms with Gasteiger partial charge in [-0.2, -0.15) is 0 Å². The van der Waals surface area contributed by atoms with Crippen LogP contribution in [-0.4, -0.2) is 32.7 Å². The average Bonchev–Trinajstić information content (AvgIpc) is 2.78. The van der Waals surface area contributed by atoms with Crippen LogP contribution in [0.15, 0.2) is 40.1 Å². The van der Waals surface area contributed by atoms with Crippen molar-refractivity contribution in [2.24, 2.45) is 4.99 Å². The summed E-state index contributed by atoms with van der Waals surface area (Å²) in [5.41, 5.74) is 3.23. The predicted molar refractivity (Wildman–Crippen MR) is 78.9 cm³/mol. The van der Waals surface area contributed by atoms with Crippen LogP contribution in [0.2, 0.25) is 0 Å². The lowest BCUT2D eigenvalue weighted by Gasteiger charge is -2.45. The highest BCUT2D eigenvalue weighted by atomic mass is 32.2. The molecule has 3 nitrogen and oxygen atoms in total. The van der Waals surface area contributed by atoms with Gasteiger partial charge in [-0.25, -0.2) is 4.99 Å². The van der Waals surface area contributed by atoms with Crippen LogP contribution in [0.1, 0.15) is 32.6 Å². The Kier molecular flexibility index (Phi) is 2.48. The molecule has 0 spiro atoms. The molecule has 0 aromatic carbocycles. The lowest BCUT2D eigenvalue weighted by Crippen LogP contribution is -2.55. The Morgan fingerprint density at radius 1 is 1.58 bits per heavy atom. The van der Waals surface area contributed by atoms with Gasteiger partial charge < -0.3 is 10.0 Å². The smallest absolute Gasteiger partial charge is 0.167 e. The van der Waals surface area contributed by atoms with E-state index in [1.165, 1.54) is 11.1 Å². The van der Waals surface area contributed by atoms with E-state index in [0.29, 0.717) is 6.04 Å². The molecule has 2 aliphatic carbocycles. The predicted octanol–water partition coefficient (Wildman–Crippen LogP) is 2.81. The van der Waals surface area contributed by atoms with Crippen molar-refractivity contribution in [1.82, 2.24) is 4.90 Å². The third kappa shape index (κ3) is 1.53. The number of fused-ring (bicyclic) bond motifs is 2. The number of hydrogen-bond acceptors (Lipinski definition) is 4. The van der Waals surface area contributed by atoms with Crippen molar-refractivity contribution in [3.8, 4) is 0 Å². The first kappa shape index (κ1) is 11.8. The second-order valence-electron chi connectivity index (χ2n) is 5.61. The van der Waals surface area contributed by atoms with Crippen LogP contribution in [0.4, 0.5) is 0 Å². The SMILES string of the molecule is CCC1(O)CSC2=NC3=CCCC4=C3C(CC=C4)N21. The van der Waals surface area contributed by atoms with Gasteiger partial charge in [-0.05, 0) is 31.3 Å². The largest absolute Gasteiger partial charge is 0.370 e. The third-order valence-electron chi connectivity index (χ3n) is 4.57. The Bertz CT molecular complexity index is 560. The van der Waals surface area contributed by atoms with Gasteiger partial charge in [-0.15, -0.1) is 0 Å². The Balaban J connectivity index is 1.89. The highest BCUT2D eigenvalue weighted by Gasteiger charge is 2.49. The third-order valence-corrected chi connectivity index (χ3v) is 5.72. The van der Waals surface area contributed by atoms with Crippen LogP contribution in [0.3, 0.4) is 0 Å². The molecule has 1 saturated heterocycles. The first-order valence-electron chi connectivity index (χ1n) is 7.06. The van der Waals surface area contributed by atoms with Crippen LogP contribution >= 0.6 is 11.8 Å². The normalized spacial score (nSPS) is 35.9. The summed E-state index contributed by atoms with van der Waals surface area (Å²) in [7, 11) is 0. The fourth-order valence-corrected chi connectivity index (χ4v) is 4.81. The number of amidine groups is 1. The van der Waals surface area contributed by atoms with Gasteiger partial charge in [0.05, 0.1) is 11.7 Å². The number of aliphatic hydroxyl groups is 1. The first-order chi connectivity index (χ1) is 9.23. The molecular formula is C15H18N2OS. The molecule has 2 aliphatic heterocycles. The van der Waals surface area contributed by atoms with Crippen LogP contribution in [0, 0.1) is 0 Å². The van der Waals surface area contributed by atoms with E-state index in [1.54, 1.807) is 11.8 Å². The number of aliphatic imine (C=N–C) groups is 1. The van der Waals surface area contributed by atoms with E-state index >= 15 is 0 Å². The number of nitrogens with zero attached hydrogens (tertiary/aromatic N) is 2. The van der Waals surface area contributed by atoms with E-state index in [4.69, 9.17) is 4.99 Å². The Morgan fingerprint density at radius 3 is 3.32 bits per heavy atom. The maximum absolute atomic E-state index is 10.9. The average molecular weight is 274 g/mol. The maximum Gasteiger partial charge on any atom is 0.167 e. The molecule has 0 bridgehead atoms. The fraction of sp³-hybridized carbons (Fsp3) is 0.533. The molecule has 2 atom stereocenters. The van der Waals surface area contributed by atoms with Gasteiger partial charge in [-0.1, -0.05) is 36.9 Å². The second kappa shape index (κ2) is 4.00. The molecule has 4 aliphatic rings. The molecular weight excluding hydrogens is 256 g/mol. The van der Waals surface area contributed by atoms with E-state index in [2.05, 4.69) is 30.1 Å². The summed E-state index contributed by atoms with van der Waals surface area (Å²) in [6, 6.07) is 0.291. The lowest BCUT2D eigenvalue weighted by molar-refractivity contribution is -0.0588. The van der Waals surface area contributed by atoms with Gasteiger partial charge in [0, 0.05) is 11.3 Å². The molecule has 1 fully saturated rings. The van der Waals surface area contributed by atoms with E-state index in [1.807, 2.05) is 0 Å². The molecule has 4 heteroatoms. The summed E-state index contributed by atoms with van der Waals surface area (Å²) in [5.74, 6) is 0.735. The minimum Gasteiger partial charge on any atom is -0.370 e. The first-order valence-corrected chi connectivity index (χ1v) is 8.05. The highest BCUT2D eigenvalue weighted by Crippen LogP contribution is 2.47. The summed E-state index contributed by atoms with van der Waals surface area (Å²) >= 11 is 1.70. The van der Waals surface area contributed by atoms with Crippen molar-refractivity contribution >= 4 is 16.9 Å². The van der Waals surface area contributed by atoms with E-state index < -0.39 is 5.72 Å². The molecule has 2 heterocycles. The van der Waals surface area contributed by atoms with Crippen molar-refractivity contribution in [2.45, 2.75) is 44.4 Å². The van der Waals surface area contributed by atoms with Gasteiger partial charge in [-0.3, -0.25) is 0 Å². The van der Waals surface area contributed by atoms with E-state index in [-0.39, 0.29) is 0 Å². The van der Waals surface area contributed by atoms with Gasteiger partial charge in [0.25, 0.3) is 0 Å². The molecule has 1 N–H and O–H groups in total. The lowest BCUT2D eigenvalue weighted by atomic mass is 9.82. The molecule has 100 valence electrons. The zero-order valence-electron chi connectivity index (χ0n) is 11.1. The molecule has 0 aromatic rings. The van der Waals surface area contributed by atoms with Crippen molar-refractivity contribution in [1.29, 1.82) is 0 Å². The Labute approximate surface area is 117 Å². The maximum atomic E-state index is 10.9. The van der Waals surface area contributed by atoms with E-state index in [9.17, 15) is 5.11 Å². The number of hydrogen-bond donors (Lipinski definition) is 1. The summed E-state index contributed by atoms with van der Waals surface area (Å²) in [5, 5.41) is 11.9. The van der Waals surface area contributed by atoms with Crippen molar-refractivity contribution in [3.05, 3.63) is 35.1 Å². The zero-order valence-corrected chi connectivity index (χ0v) is 11.9. The van der Waals surface area contributed by atoms with Crippen LogP contribution < -0.4 is 0 Å². The second-order valence-corrected chi connectivity index (χ2v) is 6.55. The fourth-order valence-electron chi connectivity index (χ4n) is 3.51. The molecule has 0 aromatic heterocycles. The number of thioether (sulfide) groups is 1. The minimum atomic E-state index is -0.722. The highest BCUT2D eigenvalue weighted by molar-refractivity contribution is 8.14. The molecule has 0 amide bonds. The number of rotatable bonds is 1. The standard InChI is InChI=1S/C15H18N2OS/c1-2-15(18)9-19-14-16-11-7-3-5-10-6-4-8-12(13(10)11)17(14)15/h4,6-7,12,18H,2-3,5,8-9H2,1H3. The number of allylic oxidation sites excluding steroid dienone is 3. The summed E-state index contributed by atoms with van der Waals surface area (Å²) in [4.78, 5) is 6.99. The zero-order chi connectivity index (χ0) is 13.0. The van der Waals surface area contributed by atoms with Crippen molar-refractivity contribution < 1.29 is 5.11 Å². The van der Waals surface area contributed by atoms with E-state index in [0.717, 1.165) is 42.3 Å². The minimum absolute atomic E-state index is 0.291. The molecule has 4 rings (SSSR count).